The first kappa shape index (κ1) is 20.8. The lowest BCUT2D eigenvalue weighted by atomic mass is 10.1. The first-order chi connectivity index (χ1) is 11.8. The molecule has 7 N–H and O–H groups in total. The monoisotopic (exact) mass is 358 g/mol. The van der Waals surface area contributed by atoms with Crippen molar-refractivity contribution >= 4 is 23.8 Å². The molecule has 0 bridgehead atoms. The number of nitrogens with two attached hydrogens (primary N) is 2. The second kappa shape index (κ2) is 9.94. The maximum Gasteiger partial charge on any atom is 0.326 e. The Kier molecular flexibility index (Phi) is 8.29. The summed E-state index contributed by atoms with van der Waals surface area (Å²) in [5, 5.41) is 20.5. The van der Waals surface area contributed by atoms with Gasteiger partial charge in [-0.3, -0.25) is 14.4 Å². The zero-order chi connectivity index (χ0) is 19.0. The molecule has 1 heterocycles. The molecule has 2 amide bonds. The summed E-state index contributed by atoms with van der Waals surface area (Å²) in [6.45, 7) is 0.685. The standard InChI is InChI=1S/C15H26N4O6/c16-6-2-1-4-9(17)13(22)18-10(8-12(20)21)14(23)19-7-3-5-11(19)15(24)25/h9-11H,1-8,16-17H2,(H,18,22)(H,20,21)(H,24,25)/t9-,10-,11+/m0/s1. The molecule has 3 atom stereocenters. The first-order valence-corrected chi connectivity index (χ1v) is 8.29. The summed E-state index contributed by atoms with van der Waals surface area (Å²) in [7, 11) is 0. The molecule has 0 radical (unpaired) electrons. The fraction of sp³-hybridized carbons (Fsp3) is 0.733. The van der Waals surface area contributed by atoms with Crippen LogP contribution in [0.2, 0.25) is 0 Å². The summed E-state index contributed by atoms with van der Waals surface area (Å²) in [6, 6.07) is -3.23. The molecule has 25 heavy (non-hydrogen) atoms. The highest BCUT2D eigenvalue weighted by molar-refractivity contribution is 5.94. The molecule has 0 aromatic rings. The van der Waals surface area contributed by atoms with Crippen molar-refractivity contribution in [3.05, 3.63) is 0 Å². The van der Waals surface area contributed by atoms with Gasteiger partial charge in [-0.2, -0.15) is 0 Å². The number of nitrogens with zero attached hydrogens (tertiary/aromatic N) is 1. The number of carboxylic acids is 2. The van der Waals surface area contributed by atoms with Gasteiger partial charge in [-0.05, 0) is 32.2 Å². The molecule has 0 aromatic carbocycles. The molecule has 1 saturated heterocycles. The van der Waals surface area contributed by atoms with Gasteiger partial charge >= 0.3 is 11.9 Å². The Balaban J connectivity index is 2.76. The van der Waals surface area contributed by atoms with Crippen LogP contribution in [-0.4, -0.2) is 70.1 Å². The lowest BCUT2D eigenvalue weighted by molar-refractivity contribution is -0.150. The molecule has 10 nitrogen and oxygen atoms in total. The third-order valence-corrected chi connectivity index (χ3v) is 4.12. The Morgan fingerprint density at radius 1 is 1.20 bits per heavy atom. The predicted molar refractivity (Wildman–Crippen MR) is 87.4 cm³/mol. The van der Waals surface area contributed by atoms with E-state index in [0.29, 0.717) is 38.6 Å². The van der Waals surface area contributed by atoms with Crippen LogP contribution in [0.4, 0.5) is 0 Å². The van der Waals surface area contributed by atoms with Crippen molar-refractivity contribution in [2.75, 3.05) is 13.1 Å². The summed E-state index contributed by atoms with van der Waals surface area (Å²) in [5.41, 5.74) is 11.1. The van der Waals surface area contributed by atoms with Crippen LogP contribution in [0.25, 0.3) is 0 Å². The Morgan fingerprint density at radius 3 is 2.44 bits per heavy atom. The summed E-state index contributed by atoms with van der Waals surface area (Å²) >= 11 is 0. The quantitative estimate of drug-likeness (QED) is 0.292. The third kappa shape index (κ3) is 6.31. The highest BCUT2D eigenvalue weighted by Gasteiger charge is 2.38. The van der Waals surface area contributed by atoms with E-state index in [2.05, 4.69) is 5.32 Å². The van der Waals surface area contributed by atoms with Crippen molar-refractivity contribution in [3.8, 4) is 0 Å². The van der Waals surface area contributed by atoms with Crippen molar-refractivity contribution in [1.82, 2.24) is 10.2 Å². The summed E-state index contributed by atoms with van der Waals surface area (Å²) in [5.74, 6) is -3.77. The van der Waals surface area contributed by atoms with E-state index in [4.69, 9.17) is 21.7 Å². The number of rotatable bonds is 10. The molecule has 1 fully saturated rings. The molecule has 0 saturated carbocycles. The van der Waals surface area contributed by atoms with Crippen LogP contribution in [0.5, 0.6) is 0 Å². The summed E-state index contributed by atoms with van der Waals surface area (Å²) in [6.07, 6.45) is 1.87. The van der Waals surface area contributed by atoms with Crippen LogP contribution < -0.4 is 16.8 Å². The van der Waals surface area contributed by atoms with Crippen molar-refractivity contribution < 1.29 is 29.4 Å². The van der Waals surface area contributed by atoms with Crippen molar-refractivity contribution in [2.24, 2.45) is 11.5 Å². The van der Waals surface area contributed by atoms with Crippen LogP contribution in [0.3, 0.4) is 0 Å². The number of aliphatic carboxylic acids is 2. The molecule has 0 aliphatic carbocycles. The number of unbranched alkanes of at least 4 members (excludes halogenated alkanes) is 1. The molecule has 1 aliphatic heterocycles. The average molecular weight is 358 g/mol. The number of nitrogens with one attached hydrogen (secondary N) is 1. The van der Waals surface area contributed by atoms with Gasteiger partial charge in [0.25, 0.3) is 0 Å². The molecular weight excluding hydrogens is 332 g/mol. The van der Waals surface area contributed by atoms with E-state index in [1.165, 1.54) is 0 Å². The normalized spacial score (nSPS) is 19.3. The zero-order valence-electron chi connectivity index (χ0n) is 14.0. The molecule has 0 unspecified atom stereocenters. The second-order valence-electron chi connectivity index (χ2n) is 6.08. The summed E-state index contributed by atoms with van der Waals surface area (Å²) < 4.78 is 0. The van der Waals surface area contributed by atoms with Crippen LogP contribution >= 0.6 is 0 Å². The lowest BCUT2D eigenvalue weighted by Gasteiger charge is -2.27. The molecular formula is C15H26N4O6. The van der Waals surface area contributed by atoms with E-state index in [-0.39, 0.29) is 6.54 Å². The summed E-state index contributed by atoms with van der Waals surface area (Å²) in [4.78, 5) is 48.0. The number of amides is 2. The van der Waals surface area contributed by atoms with Crippen molar-refractivity contribution in [1.29, 1.82) is 0 Å². The second-order valence-corrected chi connectivity index (χ2v) is 6.08. The van der Waals surface area contributed by atoms with E-state index in [1.54, 1.807) is 0 Å². The van der Waals surface area contributed by atoms with Crippen molar-refractivity contribution in [2.45, 2.75) is 56.7 Å². The molecule has 1 aliphatic rings. The third-order valence-electron chi connectivity index (χ3n) is 4.12. The number of hydrogen-bond acceptors (Lipinski definition) is 6. The lowest BCUT2D eigenvalue weighted by Crippen LogP contribution is -2.55. The van der Waals surface area contributed by atoms with Gasteiger partial charge in [0.2, 0.25) is 11.8 Å². The van der Waals surface area contributed by atoms with Gasteiger partial charge in [0.1, 0.15) is 12.1 Å². The fourth-order valence-electron chi connectivity index (χ4n) is 2.78. The number of hydrogen-bond donors (Lipinski definition) is 5. The number of carbonyl (C=O) groups is 4. The van der Waals surface area contributed by atoms with Gasteiger partial charge in [0.05, 0.1) is 12.5 Å². The molecule has 0 aromatic heterocycles. The molecule has 142 valence electrons. The predicted octanol–water partition coefficient (Wildman–Crippen LogP) is -1.52. The van der Waals surface area contributed by atoms with Crippen LogP contribution in [0.1, 0.15) is 38.5 Å². The van der Waals surface area contributed by atoms with E-state index in [1.807, 2.05) is 0 Å². The molecule has 1 rings (SSSR count). The number of carbonyl (C=O) groups excluding carboxylic acids is 2. The Bertz CT molecular complexity index is 512. The Labute approximate surface area is 145 Å². The SMILES string of the molecule is NCCCC[C@H](N)C(=O)N[C@@H](CC(=O)O)C(=O)N1CCC[C@@H]1C(=O)O. The molecule has 10 heteroatoms. The van der Waals surface area contributed by atoms with E-state index in [0.717, 1.165) is 4.90 Å². The van der Waals surface area contributed by atoms with E-state index >= 15 is 0 Å². The highest BCUT2D eigenvalue weighted by atomic mass is 16.4. The van der Waals surface area contributed by atoms with Crippen LogP contribution in [0, 0.1) is 0 Å². The minimum absolute atomic E-state index is 0.213. The van der Waals surface area contributed by atoms with Gasteiger partial charge in [-0.15, -0.1) is 0 Å². The van der Waals surface area contributed by atoms with E-state index < -0.39 is 48.3 Å². The Hall–Kier alpha value is -2.20. The van der Waals surface area contributed by atoms with E-state index in [9.17, 15) is 19.2 Å². The van der Waals surface area contributed by atoms with Crippen LogP contribution in [-0.2, 0) is 19.2 Å². The number of likely N-dealkylation sites (tertiary alicyclic amines) is 1. The van der Waals surface area contributed by atoms with Gasteiger partial charge in [-0.25, -0.2) is 4.79 Å². The minimum Gasteiger partial charge on any atom is -0.481 e. The van der Waals surface area contributed by atoms with Crippen molar-refractivity contribution in [3.63, 3.8) is 0 Å². The Morgan fingerprint density at radius 2 is 1.88 bits per heavy atom. The van der Waals surface area contributed by atoms with Gasteiger partial charge in [0.15, 0.2) is 0 Å². The topological polar surface area (TPSA) is 176 Å². The minimum atomic E-state index is -1.34. The smallest absolute Gasteiger partial charge is 0.326 e. The largest absolute Gasteiger partial charge is 0.481 e. The molecule has 0 spiro atoms. The maximum atomic E-state index is 12.5. The van der Waals surface area contributed by atoms with Gasteiger partial charge in [-0.1, -0.05) is 6.42 Å². The highest BCUT2D eigenvalue weighted by Crippen LogP contribution is 2.19. The number of carboxylic acid groups (broad SMARTS) is 2. The maximum absolute atomic E-state index is 12.5. The first-order valence-electron chi connectivity index (χ1n) is 8.29. The fourth-order valence-corrected chi connectivity index (χ4v) is 2.78. The van der Waals surface area contributed by atoms with Gasteiger partial charge < -0.3 is 31.9 Å². The average Bonchev–Trinajstić information content (AvgIpc) is 3.02. The van der Waals surface area contributed by atoms with Crippen LogP contribution in [0.15, 0.2) is 0 Å². The zero-order valence-corrected chi connectivity index (χ0v) is 14.0. The van der Waals surface area contributed by atoms with Gasteiger partial charge in [0, 0.05) is 6.54 Å².